The average Bonchev–Trinajstić information content (AvgIpc) is 3.89. The minimum atomic E-state index is -1.16. The second kappa shape index (κ2) is 26.2. The molecule has 0 radical (unpaired) electrons. The molecule has 7 amide bonds. The minimum absolute atomic E-state index is 0.0818. The molecule has 8 unspecified atom stereocenters. The van der Waals surface area contributed by atoms with Gasteiger partial charge in [-0.05, 0) is 49.0 Å². The van der Waals surface area contributed by atoms with E-state index in [-0.39, 0.29) is 73.1 Å². The number of unbranched alkanes of at least 4 members (excludes halogenated alkanes) is 2. The molecule has 1 aromatic carbocycles. The van der Waals surface area contributed by atoms with Crippen molar-refractivity contribution in [3.05, 3.63) is 48.0 Å². The summed E-state index contributed by atoms with van der Waals surface area (Å²) in [6.45, 7) is 13.6. The lowest BCUT2D eigenvalue weighted by atomic mass is 9.89. The maximum atomic E-state index is 14.6. The highest BCUT2D eigenvalue weighted by atomic mass is 16.5. The van der Waals surface area contributed by atoms with Gasteiger partial charge in [0.05, 0.1) is 36.6 Å². The predicted molar refractivity (Wildman–Crippen MR) is 248 cm³/mol. The Morgan fingerprint density at radius 3 is 2.02 bits per heavy atom. The molecule has 1 saturated heterocycles. The summed E-state index contributed by atoms with van der Waals surface area (Å²) in [5, 5.41) is 15.6. The molecule has 0 spiro atoms. The second-order valence-corrected chi connectivity index (χ2v) is 18.6. The molecule has 1 aromatic rings. The van der Waals surface area contributed by atoms with Gasteiger partial charge in [0.15, 0.2) is 0 Å². The number of amides is 7. The van der Waals surface area contributed by atoms with Gasteiger partial charge in [-0.15, -0.1) is 0 Å². The molecule has 9 atom stereocenters. The van der Waals surface area contributed by atoms with Crippen molar-refractivity contribution >= 4 is 47.3 Å². The Balaban J connectivity index is 1.71. The number of aliphatic carboxylic acids is 1. The van der Waals surface area contributed by atoms with Crippen molar-refractivity contribution in [2.24, 2.45) is 23.7 Å². The van der Waals surface area contributed by atoms with E-state index in [1.165, 1.54) is 36.2 Å². The number of likely N-dealkylation sites (tertiary alicyclic amines) is 1. The number of ether oxygens (including phenoxy) is 2. The molecule has 2 heterocycles. The highest BCUT2D eigenvalue weighted by molar-refractivity contribution is 6.12. The van der Waals surface area contributed by atoms with E-state index in [9.17, 15) is 43.5 Å². The summed E-state index contributed by atoms with van der Waals surface area (Å²) >= 11 is 0. The SMILES string of the molecule is CCC(C)C(C(CC(=O)N1CCC[C@H]1C(OC)C(C)C(=O)NC(Cc1ccccc1)C(=O)O)OC)N(C)C(=O)C(NC(=O)C(C(C)C)N(C)C(=O)CCCCCN1C(=O)C=CC1=O)C(C)C. The van der Waals surface area contributed by atoms with E-state index in [1.807, 2.05) is 47.6 Å². The number of methoxy groups -OCH3 is 2. The lowest BCUT2D eigenvalue weighted by Gasteiger charge is -2.41. The molecule has 0 aromatic heterocycles. The number of rotatable bonds is 27. The van der Waals surface area contributed by atoms with Crippen LogP contribution < -0.4 is 10.6 Å². The highest BCUT2D eigenvalue weighted by Crippen LogP contribution is 2.30. The number of carbonyl (C=O) groups is 8. The normalized spacial score (nSPS) is 18.7. The average molecular weight is 925 g/mol. The van der Waals surface area contributed by atoms with Gasteiger partial charge in [-0.25, -0.2) is 4.79 Å². The fraction of sp³-hybridized carbons (Fsp3) is 0.673. The first kappa shape index (κ1) is 55.2. The van der Waals surface area contributed by atoms with Crippen molar-refractivity contribution in [3.8, 4) is 0 Å². The van der Waals surface area contributed by atoms with Crippen molar-refractivity contribution in [3.63, 3.8) is 0 Å². The highest BCUT2D eigenvalue weighted by Gasteiger charge is 2.44. The quantitative estimate of drug-likeness (QED) is 0.0853. The zero-order valence-corrected chi connectivity index (χ0v) is 41.0. The summed E-state index contributed by atoms with van der Waals surface area (Å²) in [5.74, 6) is -5.24. The molecular weight excluding hydrogens is 849 g/mol. The Labute approximate surface area is 391 Å². The molecule has 17 heteroatoms. The van der Waals surface area contributed by atoms with Crippen LogP contribution in [0.1, 0.15) is 105 Å². The van der Waals surface area contributed by atoms with Gasteiger partial charge < -0.3 is 39.9 Å². The molecule has 3 N–H and O–H groups in total. The Morgan fingerprint density at radius 2 is 1.47 bits per heavy atom. The summed E-state index contributed by atoms with van der Waals surface area (Å²) in [6, 6.07) is 4.97. The summed E-state index contributed by atoms with van der Waals surface area (Å²) < 4.78 is 11.9. The Hall–Kier alpha value is -5.16. The number of nitrogens with zero attached hydrogens (tertiary/aromatic N) is 4. The predicted octanol–water partition coefficient (Wildman–Crippen LogP) is 3.83. The number of carboxylic acid groups (broad SMARTS) is 1. The van der Waals surface area contributed by atoms with Gasteiger partial charge in [0, 0.05) is 66.4 Å². The monoisotopic (exact) mass is 925 g/mol. The van der Waals surface area contributed by atoms with E-state index in [1.54, 1.807) is 55.1 Å². The van der Waals surface area contributed by atoms with Crippen LogP contribution in [0, 0.1) is 23.7 Å². The van der Waals surface area contributed by atoms with E-state index in [2.05, 4.69) is 10.6 Å². The Bertz CT molecular complexity index is 1840. The number of imide groups is 1. The first-order valence-electron chi connectivity index (χ1n) is 23.5. The molecule has 0 aliphatic carbocycles. The molecule has 66 heavy (non-hydrogen) atoms. The zero-order chi connectivity index (χ0) is 49.4. The van der Waals surface area contributed by atoms with Gasteiger partial charge in [0.1, 0.15) is 18.1 Å². The molecule has 2 aliphatic heterocycles. The fourth-order valence-corrected chi connectivity index (χ4v) is 9.26. The molecule has 0 saturated carbocycles. The number of likely N-dealkylation sites (N-methyl/N-ethyl adjacent to an activating group) is 2. The van der Waals surface area contributed by atoms with Crippen molar-refractivity contribution in [2.75, 3.05) is 41.4 Å². The molecule has 0 bridgehead atoms. The zero-order valence-electron chi connectivity index (χ0n) is 41.0. The van der Waals surface area contributed by atoms with Crippen molar-refractivity contribution in [2.45, 2.75) is 149 Å². The molecule has 3 rings (SSSR count). The van der Waals surface area contributed by atoms with E-state index < -0.39 is 66.1 Å². The van der Waals surface area contributed by atoms with E-state index >= 15 is 0 Å². The van der Waals surface area contributed by atoms with E-state index in [0.29, 0.717) is 45.1 Å². The first-order chi connectivity index (χ1) is 31.2. The number of nitrogens with one attached hydrogen (secondary N) is 2. The van der Waals surface area contributed by atoms with Crippen molar-refractivity contribution in [1.29, 1.82) is 0 Å². The smallest absolute Gasteiger partial charge is 0.326 e. The molecular formula is C49H76N6O11. The van der Waals surface area contributed by atoms with Crippen LogP contribution in [0.5, 0.6) is 0 Å². The van der Waals surface area contributed by atoms with Crippen LogP contribution in [-0.4, -0.2) is 156 Å². The lowest BCUT2D eigenvalue weighted by Crippen LogP contribution is -2.60. The number of hydrogen-bond donors (Lipinski definition) is 3. The van der Waals surface area contributed by atoms with Crippen LogP contribution in [0.2, 0.25) is 0 Å². The summed E-state index contributed by atoms with van der Waals surface area (Å²) in [6.07, 6.45) is 4.72. The van der Waals surface area contributed by atoms with E-state index in [4.69, 9.17) is 9.47 Å². The van der Waals surface area contributed by atoms with E-state index in [0.717, 1.165) is 5.56 Å². The number of carbonyl (C=O) groups excluding carboxylic acids is 7. The Morgan fingerprint density at radius 1 is 0.833 bits per heavy atom. The van der Waals surface area contributed by atoms with Gasteiger partial charge in [-0.3, -0.25) is 38.5 Å². The number of hydrogen-bond acceptors (Lipinski definition) is 10. The van der Waals surface area contributed by atoms with Gasteiger partial charge in [-0.1, -0.05) is 91.6 Å². The van der Waals surface area contributed by atoms with Gasteiger partial charge in [0.25, 0.3) is 11.8 Å². The standard InChI is InChI=1S/C49H76N6O11/c1-12-32(6)44(37(65-10)29-41(59)54-27-19-22-36(54)45(66-11)33(7)46(60)50-35(49(63)64)28-34-20-15-13-16-21-34)53(9)48(62)42(30(2)3)51-47(61)43(31(4)5)52(8)38(56)23-17-14-18-26-55-39(57)24-25-40(55)58/h13,15-16,20-21,24-25,30-33,35-37,42-45H,12,14,17-19,22-23,26-29H2,1-11H3,(H,50,60)(H,51,61)(H,63,64)/t32?,33?,35?,36-,37?,42?,43?,44?,45?/m0/s1. The van der Waals surface area contributed by atoms with Crippen LogP contribution in [0.3, 0.4) is 0 Å². The van der Waals surface area contributed by atoms with Crippen LogP contribution in [0.4, 0.5) is 0 Å². The molecule has 1 fully saturated rings. The van der Waals surface area contributed by atoms with Crippen LogP contribution >= 0.6 is 0 Å². The largest absolute Gasteiger partial charge is 0.480 e. The number of carboxylic acids is 1. The van der Waals surface area contributed by atoms with Crippen LogP contribution in [0.15, 0.2) is 42.5 Å². The third kappa shape index (κ3) is 14.7. The van der Waals surface area contributed by atoms with Gasteiger partial charge in [-0.2, -0.15) is 0 Å². The third-order valence-corrected chi connectivity index (χ3v) is 13.3. The second-order valence-electron chi connectivity index (χ2n) is 18.6. The maximum Gasteiger partial charge on any atom is 0.326 e. The molecule has 17 nitrogen and oxygen atoms in total. The topological polar surface area (TPSA) is 212 Å². The number of benzene rings is 1. The van der Waals surface area contributed by atoms with Crippen molar-refractivity contribution < 1.29 is 52.9 Å². The molecule has 2 aliphatic rings. The summed E-state index contributed by atoms with van der Waals surface area (Å²) in [4.78, 5) is 112. The summed E-state index contributed by atoms with van der Waals surface area (Å²) in [5.41, 5.74) is 0.762. The van der Waals surface area contributed by atoms with Gasteiger partial charge in [0.2, 0.25) is 29.5 Å². The van der Waals surface area contributed by atoms with Crippen LogP contribution in [0.25, 0.3) is 0 Å². The Kier molecular flexibility index (Phi) is 21.9. The minimum Gasteiger partial charge on any atom is -0.480 e. The first-order valence-corrected chi connectivity index (χ1v) is 23.5. The third-order valence-electron chi connectivity index (χ3n) is 13.3. The van der Waals surface area contributed by atoms with Crippen LogP contribution in [-0.2, 0) is 54.3 Å². The summed E-state index contributed by atoms with van der Waals surface area (Å²) in [7, 11) is 6.21. The fourth-order valence-electron chi connectivity index (χ4n) is 9.26. The lowest BCUT2D eigenvalue weighted by molar-refractivity contribution is -0.149. The van der Waals surface area contributed by atoms with Gasteiger partial charge >= 0.3 is 5.97 Å². The molecule has 368 valence electrons. The maximum absolute atomic E-state index is 14.6. The van der Waals surface area contributed by atoms with Crippen molar-refractivity contribution in [1.82, 2.24) is 30.2 Å².